The van der Waals surface area contributed by atoms with E-state index in [4.69, 9.17) is 35.4 Å². The molecule has 0 nitrogen and oxygen atoms in total. The topological polar surface area (TPSA) is 0 Å². The Balaban J connectivity index is 1.98. The molecule has 0 atom stereocenters. The molecule has 0 heterocycles. The summed E-state index contributed by atoms with van der Waals surface area (Å²) in [6, 6.07) is 15.6. The minimum Gasteiger partial charge on any atom is -0.0890 e. The maximum atomic E-state index is 5.95. The van der Waals surface area contributed by atoms with Crippen LogP contribution in [0.15, 0.2) is 48.5 Å². The van der Waals surface area contributed by atoms with Gasteiger partial charge in [0, 0.05) is 27.8 Å². The summed E-state index contributed by atoms with van der Waals surface area (Å²) in [4.78, 5) is 1.000. The van der Waals surface area contributed by atoms with Gasteiger partial charge in [0.05, 0.1) is 0 Å². The molecule has 0 aromatic heterocycles. The molecular weight excluding hydrogens is 283 g/mol. The van der Waals surface area contributed by atoms with Crippen LogP contribution in [0.3, 0.4) is 0 Å². The Morgan fingerprint density at radius 3 is 2.17 bits per heavy atom. The van der Waals surface area contributed by atoms with Crippen molar-refractivity contribution in [1.82, 2.24) is 0 Å². The summed E-state index contributed by atoms with van der Waals surface area (Å²) >= 11 is 17.2. The molecule has 0 radical (unpaired) electrons. The van der Waals surface area contributed by atoms with Crippen LogP contribution in [0.2, 0.25) is 10.0 Å². The number of hydrogen-bond acceptors (Lipinski definition) is 1. The van der Waals surface area contributed by atoms with Gasteiger partial charge in [-0.2, -0.15) is 0 Å². The minimum atomic E-state index is 0.750. The molecule has 0 bridgehead atoms. The van der Waals surface area contributed by atoms with Gasteiger partial charge in [0.1, 0.15) is 0 Å². The van der Waals surface area contributed by atoms with Crippen LogP contribution in [-0.2, 0) is 12.8 Å². The summed E-state index contributed by atoms with van der Waals surface area (Å²) in [6.45, 7) is 0. The lowest BCUT2D eigenvalue weighted by Crippen LogP contribution is -2.03. The van der Waals surface area contributed by atoms with E-state index in [1.54, 1.807) is 0 Å². The average molecular weight is 295 g/mol. The zero-order valence-corrected chi connectivity index (χ0v) is 12.0. The van der Waals surface area contributed by atoms with Crippen molar-refractivity contribution < 1.29 is 0 Å². The third kappa shape index (κ3) is 4.09. The fourth-order valence-electron chi connectivity index (χ4n) is 1.77. The number of halogens is 2. The molecule has 2 rings (SSSR count). The smallest absolute Gasteiger partial charge is 0.0408 e. The Morgan fingerprint density at radius 1 is 0.833 bits per heavy atom. The van der Waals surface area contributed by atoms with Crippen molar-refractivity contribution in [2.75, 3.05) is 0 Å². The van der Waals surface area contributed by atoms with Crippen molar-refractivity contribution >= 4 is 40.3 Å². The van der Waals surface area contributed by atoms with Crippen molar-refractivity contribution in [3.05, 3.63) is 69.7 Å². The van der Waals surface area contributed by atoms with Gasteiger partial charge in [-0.05, 0) is 35.4 Å². The molecule has 0 spiro atoms. The third-order valence-electron chi connectivity index (χ3n) is 2.60. The van der Waals surface area contributed by atoms with E-state index in [0.29, 0.717) is 0 Å². The SMILES string of the molecule is S=C(Cc1ccc(Cl)cc1)Cc1cccc(Cl)c1. The van der Waals surface area contributed by atoms with Crippen LogP contribution in [0.25, 0.3) is 0 Å². The van der Waals surface area contributed by atoms with E-state index >= 15 is 0 Å². The van der Waals surface area contributed by atoms with E-state index in [9.17, 15) is 0 Å². The summed E-state index contributed by atoms with van der Waals surface area (Å²) in [5, 5.41) is 1.50. The van der Waals surface area contributed by atoms with Crippen molar-refractivity contribution in [1.29, 1.82) is 0 Å². The fraction of sp³-hybridized carbons (Fsp3) is 0.133. The molecule has 92 valence electrons. The summed E-state index contributed by atoms with van der Waals surface area (Å²) in [5.74, 6) is 0. The number of thiocarbonyl (C=S) groups is 1. The Kier molecular flexibility index (Phi) is 4.76. The van der Waals surface area contributed by atoms with Crippen LogP contribution in [0.4, 0.5) is 0 Å². The molecule has 2 aromatic carbocycles. The third-order valence-corrected chi connectivity index (χ3v) is 3.38. The van der Waals surface area contributed by atoms with Crippen molar-refractivity contribution in [3.63, 3.8) is 0 Å². The maximum Gasteiger partial charge on any atom is 0.0408 e. The van der Waals surface area contributed by atoms with E-state index in [0.717, 1.165) is 33.3 Å². The minimum absolute atomic E-state index is 0.750. The predicted octanol–water partition coefficient (Wildman–Crippen LogP) is 5.15. The van der Waals surface area contributed by atoms with Gasteiger partial charge in [0.2, 0.25) is 0 Å². The first kappa shape index (κ1) is 13.5. The molecule has 0 aliphatic rings. The van der Waals surface area contributed by atoms with E-state index in [2.05, 4.69) is 0 Å². The quantitative estimate of drug-likeness (QED) is 0.703. The van der Waals surface area contributed by atoms with Gasteiger partial charge in [-0.3, -0.25) is 0 Å². The van der Waals surface area contributed by atoms with Gasteiger partial charge in [0.25, 0.3) is 0 Å². The van der Waals surface area contributed by atoms with Gasteiger partial charge >= 0.3 is 0 Å². The highest BCUT2D eigenvalue weighted by atomic mass is 35.5. The number of rotatable bonds is 4. The normalized spacial score (nSPS) is 10.3. The maximum absolute atomic E-state index is 5.95. The summed E-state index contributed by atoms with van der Waals surface area (Å²) in [5.41, 5.74) is 2.34. The van der Waals surface area contributed by atoms with Gasteiger partial charge in [0.15, 0.2) is 0 Å². The van der Waals surface area contributed by atoms with Crippen LogP contribution in [-0.4, -0.2) is 4.86 Å². The zero-order chi connectivity index (χ0) is 13.0. The summed E-state index contributed by atoms with van der Waals surface area (Å²) in [6.07, 6.45) is 1.57. The summed E-state index contributed by atoms with van der Waals surface area (Å²) < 4.78 is 0. The first-order valence-electron chi connectivity index (χ1n) is 5.64. The van der Waals surface area contributed by atoms with Crippen molar-refractivity contribution in [2.24, 2.45) is 0 Å². The molecule has 0 amide bonds. The summed E-state index contributed by atoms with van der Waals surface area (Å²) in [7, 11) is 0. The Morgan fingerprint density at radius 2 is 1.50 bits per heavy atom. The molecule has 18 heavy (non-hydrogen) atoms. The number of benzene rings is 2. The Labute approximate surface area is 123 Å². The molecule has 0 fully saturated rings. The van der Waals surface area contributed by atoms with E-state index in [1.165, 1.54) is 5.56 Å². The van der Waals surface area contributed by atoms with Crippen LogP contribution in [0.5, 0.6) is 0 Å². The van der Waals surface area contributed by atoms with Crippen LogP contribution < -0.4 is 0 Å². The second-order valence-corrected chi connectivity index (χ2v) is 5.60. The first-order valence-corrected chi connectivity index (χ1v) is 6.80. The van der Waals surface area contributed by atoms with E-state index in [1.807, 2.05) is 48.5 Å². The van der Waals surface area contributed by atoms with Crippen LogP contribution in [0.1, 0.15) is 11.1 Å². The van der Waals surface area contributed by atoms with E-state index in [-0.39, 0.29) is 0 Å². The molecule has 2 aromatic rings. The number of hydrogen-bond donors (Lipinski definition) is 0. The van der Waals surface area contributed by atoms with Gasteiger partial charge in [-0.25, -0.2) is 0 Å². The van der Waals surface area contributed by atoms with Gasteiger partial charge in [-0.15, -0.1) is 0 Å². The molecule has 0 saturated heterocycles. The molecule has 0 aliphatic heterocycles. The molecule has 0 aliphatic carbocycles. The first-order chi connectivity index (χ1) is 8.63. The van der Waals surface area contributed by atoms with E-state index < -0.39 is 0 Å². The average Bonchev–Trinajstić information content (AvgIpc) is 2.32. The lowest BCUT2D eigenvalue weighted by molar-refractivity contribution is 1.25. The highest BCUT2D eigenvalue weighted by molar-refractivity contribution is 7.80. The lowest BCUT2D eigenvalue weighted by Gasteiger charge is -2.05. The van der Waals surface area contributed by atoms with Crippen molar-refractivity contribution in [2.45, 2.75) is 12.8 Å². The fourth-order valence-corrected chi connectivity index (χ4v) is 2.44. The highest BCUT2D eigenvalue weighted by Gasteiger charge is 2.02. The molecule has 0 N–H and O–H groups in total. The van der Waals surface area contributed by atoms with Crippen molar-refractivity contribution in [3.8, 4) is 0 Å². The standard InChI is InChI=1S/C15H12Cl2S/c16-13-6-4-11(5-7-13)9-15(18)10-12-2-1-3-14(17)8-12/h1-8H,9-10H2. The highest BCUT2D eigenvalue weighted by Crippen LogP contribution is 2.14. The largest absolute Gasteiger partial charge is 0.0890 e. The van der Waals surface area contributed by atoms with Gasteiger partial charge in [-0.1, -0.05) is 59.7 Å². The van der Waals surface area contributed by atoms with Crippen LogP contribution in [0, 0.1) is 0 Å². The molecular formula is C15H12Cl2S. The molecule has 0 unspecified atom stereocenters. The second kappa shape index (κ2) is 6.33. The monoisotopic (exact) mass is 294 g/mol. The molecule has 0 saturated carbocycles. The lowest BCUT2D eigenvalue weighted by atomic mass is 10.0. The predicted molar refractivity (Wildman–Crippen MR) is 82.9 cm³/mol. The Hall–Kier alpha value is -0.890. The molecule has 3 heteroatoms. The van der Waals surface area contributed by atoms with Gasteiger partial charge < -0.3 is 0 Å². The second-order valence-electron chi connectivity index (χ2n) is 4.15. The zero-order valence-electron chi connectivity index (χ0n) is 9.70. The Bertz CT molecular complexity index is 547. The van der Waals surface area contributed by atoms with Crippen LogP contribution >= 0.6 is 35.4 Å².